The van der Waals surface area contributed by atoms with E-state index in [1.165, 1.54) is 24.3 Å². The summed E-state index contributed by atoms with van der Waals surface area (Å²) in [7, 11) is 0. The lowest BCUT2D eigenvalue weighted by atomic mass is 10.0. The van der Waals surface area contributed by atoms with Gasteiger partial charge in [-0.25, -0.2) is 9.37 Å². The number of hydrogen-bond donors (Lipinski definition) is 2. The molecule has 0 spiro atoms. The fourth-order valence-corrected chi connectivity index (χ4v) is 4.76. The highest BCUT2D eigenvalue weighted by molar-refractivity contribution is 5.80. The summed E-state index contributed by atoms with van der Waals surface area (Å²) in [5.41, 5.74) is 2.13. The van der Waals surface area contributed by atoms with E-state index in [0.29, 0.717) is 36.4 Å². The minimum atomic E-state index is -4.35. The van der Waals surface area contributed by atoms with Gasteiger partial charge in [0.05, 0.1) is 36.9 Å². The number of hydrogen-bond acceptors (Lipinski definition) is 5. The van der Waals surface area contributed by atoms with Gasteiger partial charge in [0.1, 0.15) is 5.82 Å². The summed E-state index contributed by atoms with van der Waals surface area (Å²) < 4.78 is 57.5. The van der Waals surface area contributed by atoms with Crippen LogP contribution >= 0.6 is 0 Å². The molecule has 6 nitrogen and oxygen atoms in total. The van der Waals surface area contributed by atoms with Gasteiger partial charge in [-0.2, -0.15) is 13.2 Å². The molecular formula is C35H34F4N2O4. The van der Waals surface area contributed by atoms with Crippen LogP contribution < -0.4 is 4.74 Å². The number of rotatable bonds is 14. The van der Waals surface area contributed by atoms with Gasteiger partial charge in [0.2, 0.25) is 5.88 Å². The Kier molecular flexibility index (Phi) is 11.9. The van der Waals surface area contributed by atoms with Gasteiger partial charge in [-0.15, -0.1) is 0 Å². The zero-order chi connectivity index (χ0) is 32.2. The Morgan fingerprint density at radius 3 is 2.36 bits per heavy atom. The molecule has 236 valence electrons. The lowest BCUT2D eigenvalue weighted by Crippen LogP contribution is -2.29. The number of aliphatic carboxylic acids is 1. The number of nitrogens with zero attached hydrogens (tertiary/aromatic N) is 2. The quantitative estimate of drug-likeness (QED) is 0.0880. The van der Waals surface area contributed by atoms with Crippen LogP contribution in [0.5, 0.6) is 5.88 Å². The summed E-state index contributed by atoms with van der Waals surface area (Å²) in [4.78, 5) is 17.5. The molecule has 10 heteroatoms. The molecule has 0 amide bonds. The second-order valence-electron chi connectivity index (χ2n) is 10.7. The Labute approximate surface area is 259 Å². The van der Waals surface area contributed by atoms with Gasteiger partial charge in [-0.1, -0.05) is 54.3 Å². The maximum atomic E-state index is 13.2. The first-order valence-corrected chi connectivity index (χ1v) is 14.6. The predicted octanol–water partition coefficient (Wildman–Crippen LogP) is 7.20. The van der Waals surface area contributed by atoms with Gasteiger partial charge >= 0.3 is 12.1 Å². The van der Waals surface area contributed by atoms with Gasteiger partial charge in [-0.3, -0.25) is 9.69 Å². The molecule has 1 atom stereocenters. The topological polar surface area (TPSA) is 82.9 Å². The van der Waals surface area contributed by atoms with Crippen LogP contribution in [-0.2, 0) is 23.9 Å². The van der Waals surface area contributed by atoms with E-state index in [0.717, 1.165) is 41.5 Å². The van der Waals surface area contributed by atoms with E-state index >= 15 is 0 Å². The first-order chi connectivity index (χ1) is 21.6. The van der Waals surface area contributed by atoms with Crippen molar-refractivity contribution in [1.82, 2.24) is 9.88 Å². The molecule has 45 heavy (non-hydrogen) atoms. The zero-order valence-electron chi connectivity index (χ0n) is 24.6. The lowest BCUT2D eigenvalue weighted by molar-refractivity contribution is -0.138. The van der Waals surface area contributed by atoms with Gasteiger partial charge in [0, 0.05) is 23.9 Å². The number of unbranched alkanes of at least 4 members (excludes halogenated alkanes) is 2. The summed E-state index contributed by atoms with van der Waals surface area (Å²) in [6.07, 6.45) is -2.36. The van der Waals surface area contributed by atoms with Gasteiger partial charge in [0.15, 0.2) is 0 Å². The molecule has 2 N–H and O–H groups in total. The van der Waals surface area contributed by atoms with Crippen LogP contribution in [0.2, 0.25) is 0 Å². The van der Waals surface area contributed by atoms with Crippen LogP contribution in [0.15, 0.2) is 78.9 Å². The lowest BCUT2D eigenvalue weighted by Gasteiger charge is -2.17. The minimum Gasteiger partial charge on any atom is -0.480 e. The molecule has 0 saturated carbocycles. The highest BCUT2D eigenvalue weighted by Crippen LogP contribution is 2.30. The first-order valence-electron chi connectivity index (χ1n) is 14.6. The fraction of sp³-hybridized carbons (Fsp3) is 0.314. The van der Waals surface area contributed by atoms with Crippen LogP contribution in [0.4, 0.5) is 17.6 Å². The van der Waals surface area contributed by atoms with E-state index in [9.17, 15) is 32.6 Å². The maximum Gasteiger partial charge on any atom is 0.416 e. The number of carboxylic acid groups (broad SMARTS) is 1. The molecule has 0 bridgehead atoms. The number of halogens is 4. The van der Waals surface area contributed by atoms with E-state index in [1.807, 2.05) is 30.3 Å². The zero-order valence-corrected chi connectivity index (χ0v) is 24.6. The van der Waals surface area contributed by atoms with Crippen molar-refractivity contribution in [1.29, 1.82) is 0 Å². The number of aromatic nitrogens is 1. The van der Waals surface area contributed by atoms with E-state index in [4.69, 9.17) is 4.74 Å². The molecule has 0 aliphatic rings. The molecule has 3 aromatic carbocycles. The normalized spacial score (nSPS) is 12.1. The Morgan fingerprint density at radius 2 is 1.64 bits per heavy atom. The van der Waals surface area contributed by atoms with E-state index in [2.05, 4.69) is 16.8 Å². The molecule has 1 unspecified atom stereocenters. The monoisotopic (exact) mass is 622 g/mol. The van der Waals surface area contributed by atoms with Crippen molar-refractivity contribution in [3.8, 4) is 17.7 Å². The summed E-state index contributed by atoms with van der Waals surface area (Å²) in [6, 6.07) is 20.3. The number of carboxylic acids is 1. The summed E-state index contributed by atoms with van der Waals surface area (Å²) in [5.74, 6) is 4.77. The summed E-state index contributed by atoms with van der Waals surface area (Å²) in [6.45, 7) is 0.520. The van der Waals surface area contributed by atoms with Crippen LogP contribution in [0.25, 0.3) is 10.9 Å². The Morgan fingerprint density at radius 1 is 0.933 bits per heavy atom. The molecule has 0 saturated heterocycles. The number of aryl methyl sites for hydroxylation is 1. The van der Waals surface area contributed by atoms with Crippen molar-refractivity contribution in [3.05, 3.63) is 107 Å². The second kappa shape index (κ2) is 16.0. The Balaban J connectivity index is 1.32. The fourth-order valence-electron chi connectivity index (χ4n) is 4.76. The highest BCUT2D eigenvalue weighted by atomic mass is 19.4. The first kappa shape index (κ1) is 33.4. The number of ether oxygens (including phenoxy) is 1. The molecule has 4 aromatic rings. The number of aliphatic hydroxyl groups is 1. The molecular weight excluding hydrogens is 588 g/mol. The smallest absolute Gasteiger partial charge is 0.416 e. The average molecular weight is 623 g/mol. The number of carbonyl (C=O) groups is 1. The van der Waals surface area contributed by atoms with Crippen LogP contribution in [0, 0.1) is 17.7 Å². The molecule has 1 heterocycles. The molecule has 1 aromatic heterocycles. The maximum absolute atomic E-state index is 13.2. The minimum absolute atomic E-state index is 0.0704. The number of aliphatic hydroxyl groups excluding tert-OH is 1. The number of fused-ring (bicyclic) bond motifs is 1. The number of alkyl halides is 3. The summed E-state index contributed by atoms with van der Waals surface area (Å²) >= 11 is 0. The van der Waals surface area contributed by atoms with Crippen molar-refractivity contribution in [2.24, 2.45) is 0 Å². The molecule has 4 rings (SSSR count). The van der Waals surface area contributed by atoms with Crippen LogP contribution in [-0.4, -0.2) is 45.8 Å². The van der Waals surface area contributed by atoms with E-state index in [-0.39, 0.29) is 31.9 Å². The van der Waals surface area contributed by atoms with Crippen molar-refractivity contribution in [2.75, 3.05) is 19.7 Å². The van der Waals surface area contributed by atoms with Gasteiger partial charge < -0.3 is 14.9 Å². The van der Waals surface area contributed by atoms with Crippen molar-refractivity contribution in [3.63, 3.8) is 0 Å². The van der Waals surface area contributed by atoms with E-state index in [1.54, 1.807) is 17.0 Å². The number of para-hydroxylation sites is 1. The molecule has 0 radical (unpaired) electrons. The Bertz CT molecular complexity index is 1610. The molecule has 0 aliphatic heterocycles. The standard InChI is InChI=1S/C35H34F4N2O4/c36-29-18-14-26(15-19-29)23-41(24-33(43)44)20-6-5-11-32(42)30-22-27-9-3-4-10-31(27)40-34(30)45-21-7-1-2-8-25-12-16-28(17-13-25)35(37,38)39/h3-4,9-10,12-19,22,32,42H,1-2,7-8,11,20-21,23-24H2,(H,43,44). The van der Waals surface area contributed by atoms with Crippen LogP contribution in [0.1, 0.15) is 54.0 Å². The Hall–Kier alpha value is -4.46. The second-order valence-corrected chi connectivity index (χ2v) is 10.7. The van der Waals surface area contributed by atoms with Crippen molar-refractivity contribution < 1.29 is 37.3 Å². The van der Waals surface area contributed by atoms with Crippen molar-refractivity contribution >= 4 is 16.9 Å². The third kappa shape index (κ3) is 10.6. The number of pyridine rings is 1. The van der Waals surface area contributed by atoms with E-state index < -0.39 is 23.8 Å². The number of benzene rings is 3. The highest BCUT2D eigenvalue weighted by Gasteiger charge is 2.29. The third-order valence-electron chi connectivity index (χ3n) is 7.11. The largest absolute Gasteiger partial charge is 0.480 e. The van der Waals surface area contributed by atoms with Gasteiger partial charge in [-0.05, 0) is 73.2 Å². The molecule has 0 aliphatic carbocycles. The average Bonchev–Trinajstić information content (AvgIpc) is 3.01. The van der Waals surface area contributed by atoms with Crippen molar-refractivity contribution in [2.45, 2.75) is 50.9 Å². The van der Waals surface area contributed by atoms with Crippen LogP contribution in [0.3, 0.4) is 0 Å². The predicted molar refractivity (Wildman–Crippen MR) is 163 cm³/mol. The summed E-state index contributed by atoms with van der Waals surface area (Å²) in [5, 5.41) is 21.1. The van der Waals surface area contributed by atoms with Gasteiger partial charge in [0.25, 0.3) is 0 Å². The molecule has 0 fully saturated rings. The third-order valence-corrected chi connectivity index (χ3v) is 7.11. The SMILES string of the molecule is O=C(O)CN(CC#CCC(O)c1cc2ccccc2nc1OCCCCCc1ccc(C(F)(F)F)cc1)Cc1ccc(F)cc1.